The van der Waals surface area contributed by atoms with Gasteiger partial charge in [-0.15, -0.1) is 0 Å². The van der Waals surface area contributed by atoms with Gasteiger partial charge < -0.3 is 14.8 Å². The fraction of sp³-hybridized carbons (Fsp3) is 0.161. The first-order chi connectivity index (χ1) is 18.4. The molecule has 0 saturated carbocycles. The van der Waals surface area contributed by atoms with Gasteiger partial charge >= 0.3 is 6.03 Å². The van der Waals surface area contributed by atoms with Crippen LogP contribution >= 0.6 is 0 Å². The molecule has 0 radical (unpaired) electrons. The maximum absolute atomic E-state index is 14.3. The van der Waals surface area contributed by atoms with Gasteiger partial charge in [0.25, 0.3) is 0 Å². The van der Waals surface area contributed by atoms with Crippen molar-refractivity contribution in [1.82, 2.24) is 19.2 Å². The Morgan fingerprint density at radius 3 is 2.53 bits per heavy atom. The summed E-state index contributed by atoms with van der Waals surface area (Å²) in [5.74, 6) is 0.549. The van der Waals surface area contributed by atoms with E-state index < -0.39 is 0 Å². The van der Waals surface area contributed by atoms with Gasteiger partial charge in [-0.05, 0) is 68.3 Å². The second kappa shape index (κ2) is 9.34. The van der Waals surface area contributed by atoms with Crippen molar-refractivity contribution >= 4 is 11.7 Å². The third-order valence-corrected chi connectivity index (χ3v) is 7.13. The molecule has 0 spiro atoms. The summed E-state index contributed by atoms with van der Waals surface area (Å²) in [7, 11) is 0. The lowest BCUT2D eigenvalue weighted by molar-refractivity contribution is 0.194. The van der Waals surface area contributed by atoms with Gasteiger partial charge in [0, 0.05) is 17.4 Å². The third kappa shape index (κ3) is 4.06. The molecule has 3 aromatic carbocycles. The van der Waals surface area contributed by atoms with E-state index in [-0.39, 0.29) is 17.9 Å². The van der Waals surface area contributed by atoms with Gasteiger partial charge in [-0.3, -0.25) is 0 Å². The molecule has 2 aromatic heterocycles. The van der Waals surface area contributed by atoms with Crippen molar-refractivity contribution in [3.8, 4) is 11.5 Å². The van der Waals surface area contributed by atoms with Crippen molar-refractivity contribution < 1.29 is 9.18 Å². The molecule has 3 heterocycles. The number of fused-ring (bicyclic) bond motifs is 3. The number of hydrogen-bond donors (Lipinski definition) is 1. The van der Waals surface area contributed by atoms with Gasteiger partial charge in [-0.1, -0.05) is 54.1 Å². The number of benzene rings is 3. The normalized spacial score (nSPS) is 14.5. The standard InChI is InChI=1S/C31H28FN5O/c1-20-9-7-10-23(17-20)29-28-13-8-16-35(28)30-26(22(3)34-37(30)25-11-5-4-6-12-25)19-36(29)31(38)33-24-15-14-21(2)27(32)18-24/h4-18,29H,19H2,1-3H3,(H,33,38)/t29-/m1/s1. The number of nitrogens with one attached hydrogen (secondary N) is 1. The van der Waals surface area contributed by atoms with Crippen LogP contribution in [0.2, 0.25) is 0 Å². The highest BCUT2D eigenvalue weighted by molar-refractivity contribution is 5.90. The van der Waals surface area contributed by atoms with Crippen LogP contribution in [0.15, 0.2) is 91.1 Å². The molecule has 7 heteroatoms. The highest BCUT2D eigenvalue weighted by Crippen LogP contribution is 2.39. The van der Waals surface area contributed by atoms with E-state index in [0.29, 0.717) is 17.8 Å². The van der Waals surface area contributed by atoms with E-state index in [2.05, 4.69) is 16.0 Å². The molecule has 0 unspecified atom stereocenters. The quantitative estimate of drug-likeness (QED) is 0.291. The molecule has 6 nitrogen and oxygen atoms in total. The summed E-state index contributed by atoms with van der Waals surface area (Å²) in [5, 5.41) is 7.83. The van der Waals surface area contributed by atoms with Crippen molar-refractivity contribution in [3.63, 3.8) is 0 Å². The molecule has 1 atom stereocenters. The Labute approximate surface area is 221 Å². The Bertz CT molecular complexity index is 1650. The minimum Gasteiger partial charge on any atom is -0.308 e. The molecule has 1 aliphatic heterocycles. The zero-order valence-corrected chi connectivity index (χ0v) is 21.5. The average molecular weight is 506 g/mol. The molecule has 1 N–H and O–H groups in total. The molecule has 0 aliphatic carbocycles. The van der Waals surface area contributed by atoms with Crippen molar-refractivity contribution in [3.05, 3.63) is 131 Å². The summed E-state index contributed by atoms with van der Waals surface area (Å²) in [6.45, 7) is 6.05. The van der Waals surface area contributed by atoms with E-state index in [1.54, 1.807) is 19.1 Å². The van der Waals surface area contributed by atoms with E-state index in [4.69, 9.17) is 5.10 Å². The predicted octanol–water partition coefficient (Wildman–Crippen LogP) is 6.86. The Morgan fingerprint density at radius 1 is 0.947 bits per heavy atom. The van der Waals surface area contributed by atoms with E-state index in [1.165, 1.54) is 6.07 Å². The monoisotopic (exact) mass is 505 g/mol. The maximum atomic E-state index is 14.3. The zero-order chi connectivity index (χ0) is 26.4. The van der Waals surface area contributed by atoms with E-state index >= 15 is 0 Å². The molecule has 38 heavy (non-hydrogen) atoms. The highest BCUT2D eigenvalue weighted by atomic mass is 19.1. The largest absolute Gasteiger partial charge is 0.322 e. The topological polar surface area (TPSA) is 55.1 Å². The first kappa shape index (κ1) is 23.7. The summed E-state index contributed by atoms with van der Waals surface area (Å²) in [5.41, 5.74) is 6.72. The average Bonchev–Trinajstić information content (AvgIpc) is 3.47. The molecule has 1 aliphatic rings. The molecular formula is C31H28FN5O. The van der Waals surface area contributed by atoms with Crippen molar-refractivity contribution in [2.24, 2.45) is 0 Å². The molecule has 0 bridgehead atoms. The second-order valence-electron chi connectivity index (χ2n) is 9.78. The number of hydrogen-bond acceptors (Lipinski definition) is 2. The number of nitrogens with zero attached hydrogens (tertiary/aromatic N) is 4. The Kier molecular flexibility index (Phi) is 5.83. The van der Waals surface area contributed by atoms with Crippen LogP contribution in [0, 0.1) is 26.6 Å². The number of anilines is 1. The van der Waals surface area contributed by atoms with E-state index in [0.717, 1.165) is 39.6 Å². The minimum absolute atomic E-state index is 0.313. The van der Waals surface area contributed by atoms with Crippen LogP contribution in [-0.4, -0.2) is 25.3 Å². The predicted molar refractivity (Wildman–Crippen MR) is 146 cm³/mol. The molecule has 6 rings (SSSR count). The molecular weight excluding hydrogens is 477 g/mol. The Hall–Kier alpha value is -4.65. The minimum atomic E-state index is -0.379. The number of halogens is 1. The summed E-state index contributed by atoms with van der Waals surface area (Å²) in [6, 6.07) is 26.3. The summed E-state index contributed by atoms with van der Waals surface area (Å²) >= 11 is 0. The van der Waals surface area contributed by atoms with Crippen LogP contribution < -0.4 is 5.32 Å². The first-order valence-electron chi connectivity index (χ1n) is 12.6. The zero-order valence-electron chi connectivity index (χ0n) is 21.5. The molecule has 2 amide bonds. The first-order valence-corrected chi connectivity index (χ1v) is 12.6. The van der Waals surface area contributed by atoms with Crippen LogP contribution in [0.4, 0.5) is 14.9 Å². The van der Waals surface area contributed by atoms with Gasteiger partial charge in [-0.25, -0.2) is 13.9 Å². The number of urea groups is 1. The van der Waals surface area contributed by atoms with Crippen LogP contribution in [0.3, 0.4) is 0 Å². The van der Waals surface area contributed by atoms with Gasteiger partial charge in [-0.2, -0.15) is 5.10 Å². The van der Waals surface area contributed by atoms with Crippen LogP contribution in [-0.2, 0) is 6.54 Å². The summed E-state index contributed by atoms with van der Waals surface area (Å²) in [6.07, 6.45) is 2.02. The lowest BCUT2D eigenvalue weighted by Gasteiger charge is -2.31. The number of carbonyl (C=O) groups excluding carboxylic acids is 1. The highest BCUT2D eigenvalue weighted by Gasteiger charge is 2.36. The van der Waals surface area contributed by atoms with Crippen LogP contribution in [0.5, 0.6) is 0 Å². The van der Waals surface area contributed by atoms with Gasteiger partial charge in [0.05, 0.1) is 29.7 Å². The van der Waals surface area contributed by atoms with Crippen molar-refractivity contribution in [2.75, 3.05) is 5.32 Å². The van der Waals surface area contributed by atoms with Crippen LogP contribution in [0.25, 0.3) is 11.5 Å². The number of amides is 2. The number of para-hydroxylation sites is 1. The van der Waals surface area contributed by atoms with Gasteiger partial charge in [0.2, 0.25) is 0 Å². The van der Waals surface area contributed by atoms with E-state index in [9.17, 15) is 9.18 Å². The number of aromatic nitrogens is 3. The molecule has 5 aromatic rings. The molecule has 0 fully saturated rings. The number of aryl methyl sites for hydroxylation is 3. The van der Waals surface area contributed by atoms with Gasteiger partial charge in [0.1, 0.15) is 11.6 Å². The summed E-state index contributed by atoms with van der Waals surface area (Å²) < 4.78 is 18.4. The van der Waals surface area contributed by atoms with E-state index in [1.807, 2.05) is 90.3 Å². The van der Waals surface area contributed by atoms with Gasteiger partial charge in [0.15, 0.2) is 0 Å². The lowest BCUT2D eigenvalue weighted by atomic mass is 10.00. The fourth-order valence-corrected chi connectivity index (χ4v) is 5.21. The fourth-order valence-electron chi connectivity index (χ4n) is 5.21. The maximum Gasteiger partial charge on any atom is 0.322 e. The van der Waals surface area contributed by atoms with Crippen LogP contribution in [0.1, 0.15) is 39.7 Å². The Morgan fingerprint density at radius 2 is 1.76 bits per heavy atom. The molecule has 190 valence electrons. The molecule has 0 saturated heterocycles. The van der Waals surface area contributed by atoms with Crippen molar-refractivity contribution in [1.29, 1.82) is 0 Å². The SMILES string of the molecule is Cc1cccc([C@@H]2c3cccn3-c3c(c(C)nn3-c3ccccc3)CN2C(=O)Nc2ccc(C)c(F)c2)c1. The number of rotatable bonds is 3. The van der Waals surface area contributed by atoms with Crippen molar-refractivity contribution in [2.45, 2.75) is 33.4 Å². The smallest absolute Gasteiger partial charge is 0.308 e. The number of carbonyl (C=O) groups is 1. The Balaban J connectivity index is 1.53. The third-order valence-electron chi connectivity index (χ3n) is 7.13. The lowest BCUT2D eigenvalue weighted by Crippen LogP contribution is -2.38. The second-order valence-corrected chi connectivity index (χ2v) is 9.78. The summed E-state index contributed by atoms with van der Waals surface area (Å²) in [4.78, 5) is 15.8.